The number of benzene rings is 1. The molecule has 1 N–H and O–H groups in total. The molecule has 2 fully saturated rings. The Kier molecular flexibility index (Phi) is 4.99. The summed E-state index contributed by atoms with van der Waals surface area (Å²) in [7, 11) is 1.97. The van der Waals surface area contributed by atoms with Crippen LogP contribution in [0.5, 0.6) is 0 Å². The molecule has 1 aromatic rings. The summed E-state index contributed by atoms with van der Waals surface area (Å²) in [5.41, 5.74) is 0.000769. The van der Waals surface area contributed by atoms with Crippen LogP contribution in [0.2, 0.25) is 0 Å². The first-order valence-electron chi connectivity index (χ1n) is 8.25. The highest BCUT2D eigenvalue weighted by Crippen LogP contribution is 2.24. The summed E-state index contributed by atoms with van der Waals surface area (Å²) in [6, 6.07) is 2.19. The van der Waals surface area contributed by atoms with Gasteiger partial charge in [-0.3, -0.25) is 9.59 Å². The number of amides is 2. The Balaban J connectivity index is 1.49. The molecule has 2 heterocycles. The van der Waals surface area contributed by atoms with E-state index in [0.29, 0.717) is 6.54 Å². The molecule has 2 amide bonds. The average molecular weight is 355 g/mol. The van der Waals surface area contributed by atoms with Gasteiger partial charge in [0.1, 0.15) is 0 Å². The fraction of sp³-hybridized carbons (Fsp3) is 0.529. The van der Waals surface area contributed by atoms with Crippen molar-refractivity contribution < 1.29 is 22.8 Å². The SMILES string of the molecule is CN1CC(N2CC(C(=O)NCCc3ccc(F)c(F)c3F)CC2=O)C1. The van der Waals surface area contributed by atoms with Crippen LogP contribution in [0.1, 0.15) is 12.0 Å². The molecule has 0 aliphatic carbocycles. The van der Waals surface area contributed by atoms with Crippen molar-refractivity contribution in [2.75, 3.05) is 33.2 Å². The first-order chi connectivity index (χ1) is 11.9. The van der Waals surface area contributed by atoms with E-state index in [2.05, 4.69) is 10.2 Å². The lowest BCUT2D eigenvalue weighted by Gasteiger charge is -2.42. The second-order valence-electron chi connectivity index (χ2n) is 6.70. The molecule has 25 heavy (non-hydrogen) atoms. The Morgan fingerprint density at radius 2 is 1.92 bits per heavy atom. The monoisotopic (exact) mass is 355 g/mol. The maximum absolute atomic E-state index is 13.6. The molecule has 1 atom stereocenters. The van der Waals surface area contributed by atoms with E-state index in [1.165, 1.54) is 0 Å². The molecular weight excluding hydrogens is 335 g/mol. The van der Waals surface area contributed by atoms with Gasteiger partial charge in [-0.2, -0.15) is 0 Å². The van der Waals surface area contributed by atoms with E-state index in [9.17, 15) is 22.8 Å². The fourth-order valence-corrected chi connectivity index (χ4v) is 3.35. The average Bonchev–Trinajstić information content (AvgIpc) is 2.93. The van der Waals surface area contributed by atoms with Gasteiger partial charge in [-0.05, 0) is 25.1 Å². The number of likely N-dealkylation sites (N-methyl/N-ethyl adjacent to an activating group) is 1. The van der Waals surface area contributed by atoms with Crippen molar-refractivity contribution in [3.8, 4) is 0 Å². The Labute approximate surface area is 143 Å². The van der Waals surface area contributed by atoms with Gasteiger partial charge in [0.25, 0.3) is 0 Å². The number of carbonyl (C=O) groups excluding carboxylic acids is 2. The van der Waals surface area contributed by atoms with Crippen molar-refractivity contribution in [3.05, 3.63) is 35.1 Å². The minimum absolute atomic E-state index is 0.000769. The van der Waals surface area contributed by atoms with Crippen LogP contribution in [-0.2, 0) is 16.0 Å². The van der Waals surface area contributed by atoms with E-state index < -0.39 is 23.4 Å². The number of nitrogens with zero attached hydrogens (tertiary/aromatic N) is 2. The molecule has 1 unspecified atom stereocenters. The quantitative estimate of drug-likeness (QED) is 0.800. The predicted octanol–water partition coefficient (Wildman–Crippen LogP) is 0.925. The third kappa shape index (κ3) is 3.63. The summed E-state index contributed by atoms with van der Waals surface area (Å²) in [4.78, 5) is 28.1. The lowest BCUT2D eigenvalue weighted by atomic mass is 10.1. The molecule has 2 aliphatic rings. The zero-order valence-corrected chi connectivity index (χ0v) is 13.9. The number of hydrogen-bond acceptors (Lipinski definition) is 3. The van der Waals surface area contributed by atoms with Crippen molar-refractivity contribution in [1.29, 1.82) is 0 Å². The van der Waals surface area contributed by atoms with Crippen LogP contribution in [0.4, 0.5) is 13.2 Å². The standard InChI is InChI=1S/C17H20F3N3O2/c1-22-8-12(9-22)23-7-11(6-14(23)24)17(25)21-5-4-10-2-3-13(18)16(20)15(10)19/h2-3,11-12H,4-9H2,1H3,(H,21,25). The number of halogens is 3. The minimum atomic E-state index is -1.51. The zero-order valence-electron chi connectivity index (χ0n) is 13.9. The van der Waals surface area contributed by atoms with Gasteiger partial charge < -0.3 is 15.1 Å². The van der Waals surface area contributed by atoms with Crippen LogP contribution in [0.25, 0.3) is 0 Å². The van der Waals surface area contributed by atoms with Crippen molar-refractivity contribution in [2.24, 2.45) is 5.92 Å². The van der Waals surface area contributed by atoms with Gasteiger partial charge in [0.2, 0.25) is 11.8 Å². The van der Waals surface area contributed by atoms with Gasteiger partial charge in [-0.1, -0.05) is 6.07 Å². The second-order valence-corrected chi connectivity index (χ2v) is 6.70. The topological polar surface area (TPSA) is 52.6 Å². The van der Waals surface area contributed by atoms with E-state index >= 15 is 0 Å². The summed E-state index contributed by atoms with van der Waals surface area (Å²) in [5, 5.41) is 2.65. The molecule has 0 aromatic heterocycles. The number of carbonyl (C=O) groups is 2. The van der Waals surface area contributed by atoms with Gasteiger partial charge in [-0.15, -0.1) is 0 Å². The molecule has 2 aliphatic heterocycles. The van der Waals surface area contributed by atoms with Crippen molar-refractivity contribution >= 4 is 11.8 Å². The van der Waals surface area contributed by atoms with Gasteiger partial charge in [0.05, 0.1) is 12.0 Å². The highest BCUT2D eigenvalue weighted by atomic mass is 19.2. The van der Waals surface area contributed by atoms with E-state index in [0.717, 1.165) is 25.2 Å². The van der Waals surface area contributed by atoms with Crippen molar-refractivity contribution in [3.63, 3.8) is 0 Å². The molecule has 0 bridgehead atoms. The molecule has 1 aromatic carbocycles. The largest absolute Gasteiger partial charge is 0.355 e. The lowest BCUT2D eigenvalue weighted by molar-refractivity contribution is -0.132. The smallest absolute Gasteiger partial charge is 0.225 e. The number of rotatable bonds is 5. The molecule has 5 nitrogen and oxygen atoms in total. The normalized spacial score (nSPS) is 21.5. The molecule has 0 saturated carbocycles. The third-order valence-corrected chi connectivity index (χ3v) is 4.82. The Morgan fingerprint density at radius 1 is 1.20 bits per heavy atom. The van der Waals surface area contributed by atoms with Gasteiger partial charge in [0, 0.05) is 32.6 Å². The van der Waals surface area contributed by atoms with Gasteiger partial charge in [0.15, 0.2) is 17.5 Å². The molecule has 3 rings (SSSR count). The van der Waals surface area contributed by atoms with E-state index in [1.54, 1.807) is 4.90 Å². The fourth-order valence-electron chi connectivity index (χ4n) is 3.35. The van der Waals surface area contributed by atoms with E-state index in [1.807, 2.05) is 7.05 Å². The first-order valence-corrected chi connectivity index (χ1v) is 8.25. The predicted molar refractivity (Wildman–Crippen MR) is 84.1 cm³/mol. The maximum atomic E-state index is 13.6. The highest BCUT2D eigenvalue weighted by Gasteiger charge is 2.41. The summed E-state index contributed by atoms with van der Waals surface area (Å²) in [5.74, 6) is -4.70. The number of nitrogens with one attached hydrogen (secondary N) is 1. The Bertz CT molecular complexity index is 692. The molecule has 0 radical (unpaired) electrons. The van der Waals surface area contributed by atoms with Crippen molar-refractivity contribution in [1.82, 2.24) is 15.1 Å². The number of hydrogen-bond donors (Lipinski definition) is 1. The van der Waals surface area contributed by atoms with Crippen LogP contribution >= 0.6 is 0 Å². The molecule has 8 heteroatoms. The second kappa shape index (κ2) is 7.03. The summed E-state index contributed by atoms with van der Waals surface area (Å²) in [6.07, 6.45) is 0.220. The molecule has 2 saturated heterocycles. The summed E-state index contributed by atoms with van der Waals surface area (Å²) in [6.45, 7) is 2.12. The van der Waals surface area contributed by atoms with Crippen LogP contribution in [0, 0.1) is 23.4 Å². The molecule has 0 spiro atoms. The lowest BCUT2D eigenvalue weighted by Crippen LogP contribution is -2.58. The third-order valence-electron chi connectivity index (χ3n) is 4.82. The summed E-state index contributed by atoms with van der Waals surface area (Å²) < 4.78 is 39.6. The van der Waals surface area contributed by atoms with Crippen molar-refractivity contribution in [2.45, 2.75) is 18.9 Å². The highest BCUT2D eigenvalue weighted by molar-refractivity contribution is 5.89. The van der Waals surface area contributed by atoms with Crippen LogP contribution < -0.4 is 5.32 Å². The van der Waals surface area contributed by atoms with Gasteiger partial charge >= 0.3 is 0 Å². The minimum Gasteiger partial charge on any atom is -0.355 e. The van der Waals surface area contributed by atoms with Gasteiger partial charge in [-0.25, -0.2) is 13.2 Å². The number of likely N-dealkylation sites (tertiary alicyclic amines) is 2. The Hall–Kier alpha value is -2.09. The van der Waals surface area contributed by atoms with Crippen LogP contribution in [0.15, 0.2) is 12.1 Å². The zero-order chi connectivity index (χ0) is 18.1. The first kappa shape index (κ1) is 17.7. The summed E-state index contributed by atoms with van der Waals surface area (Å²) >= 11 is 0. The van der Waals surface area contributed by atoms with E-state index in [-0.39, 0.29) is 42.8 Å². The van der Waals surface area contributed by atoms with Crippen LogP contribution in [0.3, 0.4) is 0 Å². The Morgan fingerprint density at radius 3 is 2.60 bits per heavy atom. The maximum Gasteiger partial charge on any atom is 0.225 e. The van der Waals surface area contributed by atoms with E-state index in [4.69, 9.17) is 0 Å². The van der Waals surface area contributed by atoms with Crippen LogP contribution in [-0.4, -0.2) is 60.9 Å². The molecular formula is C17H20F3N3O2. The molecule has 136 valence electrons.